The lowest BCUT2D eigenvalue weighted by Gasteiger charge is -2.37. The van der Waals surface area contributed by atoms with Crippen molar-refractivity contribution < 1.29 is 23.8 Å². The largest absolute Gasteiger partial charge is 0.497 e. The molecule has 1 aromatic rings. The Bertz CT molecular complexity index is 681. The first-order chi connectivity index (χ1) is 13.5. The standard InChI is InChI=1S/C20H29N3O5.ClH/c1-26-16-11-15(12-17(13-16)27-2)19(24)22-5-7-23(8-6-22)20(25)18(21)14-3-9-28-10-4-14;/h11-14,18H,3-10,21H2,1-2H3;1H. The molecule has 2 aliphatic heterocycles. The van der Waals surface area contributed by atoms with Crippen LogP contribution >= 0.6 is 12.4 Å². The summed E-state index contributed by atoms with van der Waals surface area (Å²) in [7, 11) is 3.10. The highest BCUT2D eigenvalue weighted by Crippen LogP contribution is 2.24. The number of hydrogen-bond donors (Lipinski definition) is 1. The van der Waals surface area contributed by atoms with E-state index in [1.165, 1.54) is 0 Å². The smallest absolute Gasteiger partial charge is 0.254 e. The first-order valence-corrected chi connectivity index (χ1v) is 9.68. The minimum absolute atomic E-state index is 0. The Kier molecular flexibility index (Phi) is 8.55. The third-order valence-electron chi connectivity index (χ3n) is 5.54. The summed E-state index contributed by atoms with van der Waals surface area (Å²) in [6, 6.07) is 4.63. The van der Waals surface area contributed by atoms with Crippen molar-refractivity contribution >= 4 is 24.2 Å². The van der Waals surface area contributed by atoms with Gasteiger partial charge in [-0.15, -0.1) is 12.4 Å². The van der Waals surface area contributed by atoms with Gasteiger partial charge in [-0.25, -0.2) is 0 Å². The molecular formula is C20H30ClN3O5. The number of amides is 2. The highest BCUT2D eigenvalue weighted by atomic mass is 35.5. The second-order valence-electron chi connectivity index (χ2n) is 7.19. The highest BCUT2D eigenvalue weighted by Gasteiger charge is 2.32. The average Bonchev–Trinajstić information content (AvgIpc) is 2.77. The summed E-state index contributed by atoms with van der Waals surface area (Å²) in [4.78, 5) is 29.1. The van der Waals surface area contributed by atoms with Crippen molar-refractivity contribution in [2.75, 3.05) is 53.6 Å². The van der Waals surface area contributed by atoms with Crippen molar-refractivity contribution in [2.45, 2.75) is 18.9 Å². The van der Waals surface area contributed by atoms with Crippen LogP contribution in [0, 0.1) is 5.92 Å². The van der Waals surface area contributed by atoms with Crippen molar-refractivity contribution in [3.8, 4) is 11.5 Å². The number of rotatable bonds is 5. The van der Waals surface area contributed by atoms with Gasteiger partial charge in [0, 0.05) is 51.0 Å². The van der Waals surface area contributed by atoms with Crippen LogP contribution in [0.2, 0.25) is 0 Å². The van der Waals surface area contributed by atoms with Gasteiger partial charge in [0.25, 0.3) is 5.91 Å². The molecular weight excluding hydrogens is 398 g/mol. The fraction of sp³-hybridized carbons (Fsp3) is 0.600. The molecule has 0 aliphatic carbocycles. The molecule has 0 radical (unpaired) electrons. The van der Waals surface area contributed by atoms with E-state index in [2.05, 4.69) is 0 Å². The lowest BCUT2D eigenvalue weighted by molar-refractivity contribution is -0.136. The summed E-state index contributed by atoms with van der Waals surface area (Å²) in [5.41, 5.74) is 6.73. The van der Waals surface area contributed by atoms with Gasteiger partial charge in [0.2, 0.25) is 5.91 Å². The molecule has 0 saturated carbocycles. The molecule has 29 heavy (non-hydrogen) atoms. The van der Waals surface area contributed by atoms with Crippen LogP contribution in [0.3, 0.4) is 0 Å². The predicted octanol–water partition coefficient (Wildman–Crippen LogP) is 1.16. The normalized spacial score (nSPS) is 18.6. The number of ether oxygens (including phenoxy) is 3. The molecule has 1 atom stereocenters. The van der Waals surface area contributed by atoms with Gasteiger partial charge in [-0.1, -0.05) is 0 Å². The summed E-state index contributed by atoms with van der Waals surface area (Å²) in [6.07, 6.45) is 1.64. The lowest BCUT2D eigenvalue weighted by atomic mass is 9.91. The maximum Gasteiger partial charge on any atom is 0.254 e. The molecule has 2 N–H and O–H groups in total. The number of nitrogens with zero attached hydrogens (tertiary/aromatic N) is 2. The van der Waals surface area contributed by atoms with Crippen LogP contribution in [0.1, 0.15) is 23.2 Å². The molecule has 1 unspecified atom stereocenters. The van der Waals surface area contributed by atoms with Crippen LogP contribution < -0.4 is 15.2 Å². The summed E-state index contributed by atoms with van der Waals surface area (Å²) in [5, 5.41) is 0. The van der Waals surface area contributed by atoms with E-state index in [1.807, 2.05) is 0 Å². The van der Waals surface area contributed by atoms with E-state index in [-0.39, 0.29) is 30.1 Å². The van der Waals surface area contributed by atoms with E-state index < -0.39 is 6.04 Å². The molecule has 0 spiro atoms. The van der Waals surface area contributed by atoms with Gasteiger partial charge in [-0.2, -0.15) is 0 Å². The minimum Gasteiger partial charge on any atom is -0.497 e. The Morgan fingerprint density at radius 2 is 1.52 bits per heavy atom. The molecule has 162 valence electrons. The topological polar surface area (TPSA) is 94.3 Å². The van der Waals surface area contributed by atoms with E-state index in [9.17, 15) is 9.59 Å². The second kappa shape index (κ2) is 10.7. The summed E-state index contributed by atoms with van der Waals surface area (Å²) in [5.74, 6) is 1.18. The molecule has 2 aliphatic rings. The van der Waals surface area contributed by atoms with E-state index in [0.717, 1.165) is 12.8 Å². The molecule has 8 nitrogen and oxygen atoms in total. The fourth-order valence-electron chi connectivity index (χ4n) is 3.73. The quantitative estimate of drug-likeness (QED) is 0.757. The number of piperazine rings is 1. The van der Waals surface area contributed by atoms with Crippen molar-refractivity contribution in [1.82, 2.24) is 9.80 Å². The van der Waals surface area contributed by atoms with Gasteiger partial charge in [0.15, 0.2) is 0 Å². The molecule has 2 amide bonds. The van der Waals surface area contributed by atoms with Crippen LogP contribution in [0.25, 0.3) is 0 Å². The Morgan fingerprint density at radius 3 is 2.03 bits per heavy atom. The number of carbonyl (C=O) groups is 2. The van der Waals surface area contributed by atoms with E-state index in [1.54, 1.807) is 42.2 Å². The molecule has 2 fully saturated rings. The van der Waals surface area contributed by atoms with E-state index in [4.69, 9.17) is 19.9 Å². The highest BCUT2D eigenvalue weighted by molar-refractivity contribution is 5.95. The predicted molar refractivity (Wildman–Crippen MR) is 111 cm³/mol. The third-order valence-corrected chi connectivity index (χ3v) is 5.54. The zero-order chi connectivity index (χ0) is 20.1. The maximum atomic E-state index is 12.9. The van der Waals surface area contributed by atoms with Crippen molar-refractivity contribution in [3.63, 3.8) is 0 Å². The second-order valence-corrected chi connectivity index (χ2v) is 7.19. The zero-order valence-electron chi connectivity index (χ0n) is 17.0. The molecule has 2 heterocycles. The Hall–Kier alpha value is -2.03. The molecule has 2 saturated heterocycles. The Balaban J connectivity index is 0.00000300. The first-order valence-electron chi connectivity index (χ1n) is 9.68. The maximum absolute atomic E-state index is 12.9. The number of hydrogen-bond acceptors (Lipinski definition) is 6. The number of methoxy groups -OCH3 is 2. The summed E-state index contributed by atoms with van der Waals surface area (Å²) >= 11 is 0. The van der Waals surface area contributed by atoms with Crippen LogP contribution in [-0.4, -0.2) is 81.3 Å². The zero-order valence-corrected chi connectivity index (χ0v) is 17.8. The molecule has 1 aromatic carbocycles. The number of carbonyl (C=O) groups excluding carboxylic acids is 2. The van der Waals surface area contributed by atoms with Crippen LogP contribution in [-0.2, 0) is 9.53 Å². The van der Waals surface area contributed by atoms with E-state index >= 15 is 0 Å². The first kappa shape index (κ1) is 23.3. The number of nitrogens with two attached hydrogens (primary N) is 1. The van der Waals surface area contributed by atoms with Gasteiger partial charge in [0.1, 0.15) is 11.5 Å². The third kappa shape index (κ3) is 5.52. The molecule has 9 heteroatoms. The molecule has 0 aromatic heterocycles. The van der Waals surface area contributed by atoms with Crippen LogP contribution in [0.15, 0.2) is 18.2 Å². The summed E-state index contributed by atoms with van der Waals surface area (Å²) < 4.78 is 15.8. The Morgan fingerprint density at radius 1 is 1.00 bits per heavy atom. The van der Waals surface area contributed by atoms with Gasteiger partial charge in [0.05, 0.1) is 20.3 Å². The minimum atomic E-state index is -0.492. The van der Waals surface area contributed by atoms with Gasteiger partial charge < -0.3 is 29.7 Å². The van der Waals surface area contributed by atoms with Crippen LogP contribution in [0.5, 0.6) is 11.5 Å². The monoisotopic (exact) mass is 427 g/mol. The average molecular weight is 428 g/mol. The van der Waals surface area contributed by atoms with Crippen LogP contribution in [0.4, 0.5) is 0 Å². The summed E-state index contributed by atoms with van der Waals surface area (Å²) in [6.45, 7) is 3.26. The van der Waals surface area contributed by atoms with Gasteiger partial charge in [-0.05, 0) is 30.9 Å². The fourth-order valence-corrected chi connectivity index (χ4v) is 3.73. The Labute approximate surface area is 177 Å². The molecule has 3 rings (SSSR count). The lowest BCUT2D eigenvalue weighted by Crippen LogP contribution is -2.56. The molecule has 0 bridgehead atoms. The van der Waals surface area contributed by atoms with Crippen molar-refractivity contribution in [3.05, 3.63) is 23.8 Å². The van der Waals surface area contributed by atoms with E-state index in [0.29, 0.717) is 56.5 Å². The van der Waals surface area contributed by atoms with Gasteiger partial charge in [-0.3, -0.25) is 9.59 Å². The number of benzene rings is 1. The van der Waals surface area contributed by atoms with Gasteiger partial charge >= 0.3 is 0 Å². The SMILES string of the molecule is COc1cc(OC)cc(C(=O)N2CCN(C(=O)C(N)C3CCOCC3)CC2)c1.Cl. The number of halogens is 1. The van der Waals surface area contributed by atoms with Crippen molar-refractivity contribution in [2.24, 2.45) is 11.7 Å². The van der Waals surface area contributed by atoms with Crippen molar-refractivity contribution in [1.29, 1.82) is 0 Å².